The fourth-order valence-corrected chi connectivity index (χ4v) is 2.92. The average molecular weight is 333 g/mol. The number of amides is 3. The van der Waals surface area contributed by atoms with Crippen LogP contribution in [-0.4, -0.2) is 85.7 Å². The van der Waals surface area contributed by atoms with Crippen molar-refractivity contribution in [2.24, 2.45) is 0 Å². The quantitative estimate of drug-likeness (QED) is 0.827. The number of nitrogens with one attached hydrogen (secondary N) is 1. The zero-order chi connectivity index (χ0) is 16.9. The molecule has 0 saturated carbocycles. The number of morpholine rings is 1. The third-order valence-electron chi connectivity index (χ3n) is 4.42. The van der Waals surface area contributed by atoms with Gasteiger partial charge in [-0.05, 0) is 12.1 Å². The van der Waals surface area contributed by atoms with Crippen LogP contribution in [0.5, 0.6) is 0 Å². The number of carbonyl (C=O) groups excluding carboxylic acids is 2. The molecule has 2 aliphatic rings. The number of pyridine rings is 1. The Morgan fingerprint density at radius 1 is 1.29 bits per heavy atom. The fourth-order valence-electron chi connectivity index (χ4n) is 2.92. The molecule has 0 bridgehead atoms. The Bertz CT molecular complexity index is 574. The summed E-state index contributed by atoms with van der Waals surface area (Å²) in [6, 6.07) is 3.88. The molecule has 130 valence electrons. The maximum Gasteiger partial charge on any atom is 0.317 e. The lowest BCUT2D eigenvalue weighted by Gasteiger charge is -2.36. The first kappa shape index (κ1) is 16.5. The molecule has 1 aromatic rings. The van der Waals surface area contributed by atoms with Crippen LogP contribution in [0, 0.1) is 0 Å². The number of likely N-dealkylation sites (N-methyl/N-ethyl adjacent to an activating group) is 1. The summed E-state index contributed by atoms with van der Waals surface area (Å²) in [5.74, 6) is -0.0233. The van der Waals surface area contributed by atoms with Crippen LogP contribution in [0.2, 0.25) is 0 Å². The van der Waals surface area contributed by atoms with Crippen LogP contribution < -0.4 is 10.2 Å². The molecule has 1 atom stereocenters. The minimum Gasteiger partial charge on any atom is -0.368 e. The molecule has 0 aromatic carbocycles. The molecule has 0 spiro atoms. The SMILES string of the molecule is CN1C[C@@H](CNC(=O)N2CCN(c3ccncc3)CC2)OCC1=O. The first-order chi connectivity index (χ1) is 11.6. The highest BCUT2D eigenvalue weighted by atomic mass is 16.5. The second kappa shape index (κ2) is 7.48. The Morgan fingerprint density at radius 3 is 2.67 bits per heavy atom. The summed E-state index contributed by atoms with van der Waals surface area (Å²) in [7, 11) is 1.75. The molecule has 2 saturated heterocycles. The minimum absolute atomic E-state index is 0.0233. The van der Waals surface area contributed by atoms with Crippen molar-refractivity contribution in [2.45, 2.75) is 6.10 Å². The zero-order valence-electron chi connectivity index (χ0n) is 13.9. The molecule has 1 N–H and O–H groups in total. The Balaban J connectivity index is 1.42. The molecule has 3 heterocycles. The fraction of sp³-hybridized carbons (Fsp3) is 0.562. The van der Waals surface area contributed by atoms with Crippen LogP contribution >= 0.6 is 0 Å². The standard InChI is InChI=1S/C16H23N5O3/c1-19-11-14(24-12-15(19)22)10-18-16(23)21-8-6-20(7-9-21)13-2-4-17-5-3-13/h2-5,14H,6-12H2,1H3,(H,18,23)/t14-/m1/s1. The lowest BCUT2D eigenvalue weighted by molar-refractivity contribution is -0.146. The Hall–Kier alpha value is -2.35. The van der Waals surface area contributed by atoms with Crippen molar-refractivity contribution in [1.29, 1.82) is 0 Å². The number of hydrogen-bond acceptors (Lipinski definition) is 5. The predicted molar refractivity (Wildman–Crippen MR) is 88.8 cm³/mol. The summed E-state index contributed by atoms with van der Waals surface area (Å²) in [5.41, 5.74) is 1.13. The van der Waals surface area contributed by atoms with E-state index in [2.05, 4.69) is 15.2 Å². The second-order valence-corrected chi connectivity index (χ2v) is 6.07. The number of carbonyl (C=O) groups is 2. The van der Waals surface area contributed by atoms with E-state index in [1.165, 1.54) is 0 Å². The van der Waals surface area contributed by atoms with E-state index < -0.39 is 0 Å². The minimum atomic E-state index is -0.144. The first-order valence-electron chi connectivity index (χ1n) is 8.17. The van der Waals surface area contributed by atoms with Gasteiger partial charge in [-0.2, -0.15) is 0 Å². The number of nitrogens with zero attached hydrogens (tertiary/aromatic N) is 4. The van der Waals surface area contributed by atoms with E-state index >= 15 is 0 Å². The van der Waals surface area contributed by atoms with Gasteiger partial charge in [0.25, 0.3) is 0 Å². The van der Waals surface area contributed by atoms with E-state index in [9.17, 15) is 9.59 Å². The molecule has 8 nitrogen and oxygen atoms in total. The van der Waals surface area contributed by atoms with Gasteiger partial charge in [0.2, 0.25) is 5.91 Å². The maximum absolute atomic E-state index is 12.3. The van der Waals surface area contributed by atoms with Crippen molar-refractivity contribution in [3.63, 3.8) is 0 Å². The molecule has 0 radical (unpaired) electrons. The Kier molecular flexibility index (Phi) is 5.14. The van der Waals surface area contributed by atoms with Gasteiger partial charge in [-0.25, -0.2) is 4.79 Å². The first-order valence-corrected chi connectivity index (χ1v) is 8.17. The molecule has 0 unspecified atom stereocenters. The number of hydrogen-bond donors (Lipinski definition) is 1. The van der Waals surface area contributed by atoms with Crippen molar-refractivity contribution in [2.75, 3.05) is 57.8 Å². The van der Waals surface area contributed by atoms with Gasteiger partial charge in [0.1, 0.15) is 6.61 Å². The van der Waals surface area contributed by atoms with E-state index in [-0.39, 0.29) is 24.6 Å². The normalized spacial score (nSPS) is 21.8. The molecule has 2 aliphatic heterocycles. The lowest BCUT2D eigenvalue weighted by atomic mass is 10.2. The molecule has 1 aromatic heterocycles. The average Bonchev–Trinajstić information content (AvgIpc) is 2.63. The molecule has 2 fully saturated rings. The van der Waals surface area contributed by atoms with Crippen molar-refractivity contribution in [3.05, 3.63) is 24.5 Å². The molecule has 0 aliphatic carbocycles. The Labute approximate surface area is 141 Å². The van der Waals surface area contributed by atoms with E-state index in [1.807, 2.05) is 17.0 Å². The summed E-state index contributed by atoms with van der Waals surface area (Å²) in [5, 5.41) is 2.91. The van der Waals surface area contributed by atoms with Crippen molar-refractivity contribution in [1.82, 2.24) is 20.1 Å². The van der Waals surface area contributed by atoms with E-state index in [1.54, 1.807) is 24.3 Å². The molecular weight excluding hydrogens is 310 g/mol. The lowest BCUT2D eigenvalue weighted by Crippen LogP contribution is -2.54. The zero-order valence-corrected chi connectivity index (χ0v) is 13.9. The predicted octanol–water partition coefficient (Wildman–Crippen LogP) is -0.230. The van der Waals surface area contributed by atoms with Crippen LogP contribution in [-0.2, 0) is 9.53 Å². The van der Waals surface area contributed by atoms with Crippen LogP contribution in [0.3, 0.4) is 0 Å². The van der Waals surface area contributed by atoms with E-state index in [0.29, 0.717) is 26.2 Å². The number of rotatable bonds is 3. The molecule has 3 amide bonds. The largest absolute Gasteiger partial charge is 0.368 e. The van der Waals surface area contributed by atoms with Gasteiger partial charge in [0.05, 0.1) is 6.10 Å². The Morgan fingerprint density at radius 2 is 2.00 bits per heavy atom. The highest BCUT2D eigenvalue weighted by Crippen LogP contribution is 2.14. The highest BCUT2D eigenvalue weighted by molar-refractivity contribution is 5.78. The van der Waals surface area contributed by atoms with Gasteiger partial charge in [0.15, 0.2) is 0 Å². The van der Waals surface area contributed by atoms with Crippen LogP contribution in [0.15, 0.2) is 24.5 Å². The van der Waals surface area contributed by atoms with Gasteiger partial charge in [-0.1, -0.05) is 0 Å². The maximum atomic E-state index is 12.3. The van der Waals surface area contributed by atoms with Gasteiger partial charge >= 0.3 is 6.03 Å². The number of ether oxygens (including phenoxy) is 1. The third-order valence-corrected chi connectivity index (χ3v) is 4.42. The monoisotopic (exact) mass is 333 g/mol. The van der Waals surface area contributed by atoms with E-state index in [4.69, 9.17) is 4.74 Å². The molecular formula is C16H23N5O3. The summed E-state index contributed by atoms with van der Waals surface area (Å²) >= 11 is 0. The van der Waals surface area contributed by atoms with Gasteiger partial charge < -0.3 is 24.8 Å². The van der Waals surface area contributed by atoms with Crippen LogP contribution in [0.25, 0.3) is 0 Å². The third kappa shape index (κ3) is 3.94. The summed E-state index contributed by atoms with van der Waals surface area (Å²) in [6.45, 7) is 3.97. The van der Waals surface area contributed by atoms with Crippen molar-refractivity contribution < 1.29 is 14.3 Å². The summed E-state index contributed by atoms with van der Waals surface area (Å²) in [6.07, 6.45) is 3.41. The molecule has 24 heavy (non-hydrogen) atoms. The van der Waals surface area contributed by atoms with Crippen LogP contribution in [0.4, 0.5) is 10.5 Å². The van der Waals surface area contributed by atoms with Gasteiger partial charge in [0, 0.05) is 64.4 Å². The summed E-state index contributed by atoms with van der Waals surface area (Å²) < 4.78 is 5.43. The second-order valence-electron chi connectivity index (χ2n) is 6.07. The van der Waals surface area contributed by atoms with Gasteiger partial charge in [-0.15, -0.1) is 0 Å². The topological polar surface area (TPSA) is 78.0 Å². The van der Waals surface area contributed by atoms with E-state index in [0.717, 1.165) is 18.8 Å². The van der Waals surface area contributed by atoms with Crippen LogP contribution in [0.1, 0.15) is 0 Å². The highest BCUT2D eigenvalue weighted by Gasteiger charge is 2.25. The summed E-state index contributed by atoms with van der Waals surface area (Å²) in [4.78, 5) is 33.4. The van der Waals surface area contributed by atoms with Crippen molar-refractivity contribution in [3.8, 4) is 0 Å². The molecule has 3 rings (SSSR count). The van der Waals surface area contributed by atoms with Gasteiger partial charge in [-0.3, -0.25) is 9.78 Å². The molecule has 8 heteroatoms. The number of aromatic nitrogens is 1. The smallest absolute Gasteiger partial charge is 0.317 e. The number of piperazine rings is 1. The number of anilines is 1. The number of urea groups is 1. The van der Waals surface area contributed by atoms with Crippen molar-refractivity contribution >= 4 is 17.6 Å².